The summed E-state index contributed by atoms with van der Waals surface area (Å²) >= 11 is 0. The molecule has 0 bridgehead atoms. The molecule has 1 aliphatic heterocycles. The van der Waals surface area contributed by atoms with Crippen molar-refractivity contribution in [2.45, 2.75) is 32.9 Å². The van der Waals surface area contributed by atoms with Gasteiger partial charge < -0.3 is 4.74 Å². The Morgan fingerprint density at radius 2 is 1.86 bits per heavy atom. The fourth-order valence-electron chi connectivity index (χ4n) is 3.88. The third kappa shape index (κ3) is 4.93. The van der Waals surface area contributed by atoms with Crippen LogP contribution < -0.4 is 4.74 Å². The van der Waals surface area contributed by atoms with Gasteiger partial charge in [0.2, 0.25) is 0 Å². The minimum atomic E-state index is 0.0471. The molecule has 29 heavy (non-hydrogen) atoms. The van der Waals surface area contributed by atoms with Crippen LogP contribution in [0.2, 0.25) is 0 Å². The number of hydrogen-bond donors (Lipinski definition) is 0. The van der Waals surface area contributed by atoms with Crippen molar-refractivity contribution in [2.24, 2.45) is 5.92 Å². The van der Waals surface area contributed by atoms with Crippen molar-refractivity contribution in [3.8, 4) is 11.5 Å². The number of hydrogen-bond acceptors (Lipinski definition) is 4. The van der Waals surface area contributed by atoms with Crippen LogP contribution in [0, 0.1) is 5.92 Å². The van der Waals surface area contributed by atoms with Gasteiger partial charge in [0.1, 0.15) is 11.5 Å². The first-order valence-electron chi connectivity index (χ1n) is 10.3. The lowest BCUT2D eigenvalue weighted by atomic mass is 9.90. The van der Waals surface area contributed by atoms with Crippen molar-refractivity contribution in [3.05, 3.63) is 78.1 Å². The van der Waals surface area contributed by atoms with E-state index in [-0.39, 0.29) is 11.7 Å². The van der Waals surface area contributed by atoms with Crippen molar-refractivity contribution in [3.63, 3.8) is 0 Å². The number of aryl methyl sites for hydroxylation is 1. The van der Waals surface area contributed by atoms with E-state index >= 15 is 0 Å². The smallest absolute Gasteiger partial charge is 0.167 e. The van der Waals surface area contributed by atoms with E-state index in [1.165, 1.54) is 5.56 Å². The average molecular weight is 389 g/mol. The van der Waals surface area contributed by atoms with E-state index in [4.69, 9.17) is 4.74 Å². The number of ketones is 1. The lowest BCUT2D eigenvalue weighted by Gasteiger charge is -2.31. The number of Topliss-reactive ketones (excluding diaryl/α,β-unsaturated/α-hetero) is 1. The first-order valence-corrected chi connectivity index (χ1v) is 10.3. The number of ether oxygens (including phenoxy) is 1. The van der Waals surface area contributed by atoms with Crippen LogP contribution in [-0.2, 0) is 13.1 Å². The molecule has 5 heteroatoms. The molecule has 2 heterocycles. The normalized spacial score (nSPS) is 17.2. The molecule has 1 aromatic heterocycles. The molecule has 0 radical (unpaired) electrons. The molecule has 1 fully saturated rings. The van der Waals surface area contributed by atoms with Crippen LogP contribution >= 0.6 is 0 Å². The van der Waals surface area contributed by atoms with Crippen LogP contribution in [0.3, 0.4) is 0 Å². The summed E-state index contributed by atoms with van der Waals surface area (Å²) in [4.78, 5) is 15.4. The summed E-state index contributed by atoms with van der Waals surface area (Å²) in [5.74, 6) is 1.81. The summed E-state index contributed by atoms with van der Waals surface area (Å²) in [6, 6.07) is 17.2. The summed E-state index contributed by atoms with van der Waals surface area (Å²) in [6.07, 6.45) is 6.02. The van der Waals surface area contributed by atoms with Crippen LogP contribution in [-0.4, -0.2) is 33.6 Å². The van der Waals surface area contributed by atoms with Gasteiger partial charge in [-0.1, -0.05) is 18.2 Å². The highest BCUT2D eigenvalue weighted by atomic mass is 16.5. The fourth-order valence-corrected chi connectivity index (χ4v) is 3.88. The van der Waals surface area contributed by atoms with Gasteiger partial charge in [-0.3, -0.25) is 14.4 Å². The van der Waals surface area contributed by atoms with E-state index in [0.717, 1.165) is 56.1 Å². The minimum Gasteiger partial charge on any atom is -0.457 e. The Morgan fingerprint density at radius 3 is 2.59 bits per heavy atom. The van der Waals surface area contributed by atoms with Crippen molar-refractivity contribution < 1.29 is 9.53 Å². The van der Waals surface area contributed by atoms with Gasteiger partial charge >= 0.3 is 0 Å². The number of nitrogens with zero attached hydrogens (tertiary/aromatic N) is 3. The molecule has 0 amide bonds. The molecule has 1 unspecified atom stereocenters. The third-order valence-corrected chi connectivity index (χ3v) is 5.41. The topological polar surface area (TPSA) is 47.4 Å². The maximum Gasteiger partial charge on any atom is 0.167 e. The summed E-state index contributed by atoms with van der Waals surface area (Å²) in [7, 11) is 0. The number of piperidine rings is 1. The van der Waals surface area contributed by atoms with E-state index in [1.54, 1.807) is 0 Å². The molecular formula is C24H27N3O2. The van der Waals surface area contributed by atoms with Gasteiger partial charge in [-0.15, -0.1) is 0 Å². The lowest BCUT2D eigenvalue weighted by Crippen LogP contribution is -2.38. The molecule has 150 valence electrons. The monoisotopic (exact) mass is 389 g/mol. The van der Waals surface area contributed by atoms with E-state index in [9.17, 15) is 4.79 Å². The number of para-hydroxylation sites is 1. The van der Waals surface area contributed by atoms with Crippen LogP contribution in [0.25, 0.3) is 0 Å². The van der Waals surface area contributed by atoms with E-state index in [2.05, 4.69) is 23.1 Å². The Morgan fingerprint density at radius 1 is 1.10 bits per heavy atom. The van der Waals surface area contributed by atoms with Crippen LogP contribution in [0.1, 0.15) is 35.7 Å². The fraction of sp³-hybridized carbons (Fsp3) is 0.333. The predicted octanol–water partition coefficient (Wildman–Crippen LogP) is 4.79. The van der Waals surface area contributed by atoms with E-state index in [0.29, 0.717) is 0 Å². The molecule has 5 nitrogen and oxygen atoms in total. The number of aromatic nitrogens is 2. The standard InChI is InChI=1S/C24H27N3O2/c1-2-27-17-19(15-25-27)16-26-14-6-7-21(18-26)24(28)20-10-12-23(13-11-20)29-22-8-4-3-5-9-22/h3-5,8-13,15,17,21H,2,6-7,14,16,18H2,1H3. The van der Waals surface area contributed by atoms with Gasteiger partial charge in [0.15, 0.2) is 5.78 Å². The molecule has 1 atom stereocenters. The highest BCUT2D eigenvalue weighted by molar-refractivity contribution is 5.98. The lowest BCUT2D eigenvalue weighted by molar-refractivity contribution is 0.0811. The zero-order valence-corrected chi connectivity index (χ0v) is 16.8. The number of carbonyl (C=O) groups excluding carboxylic acids is 1. The quantitative estimate of drug-likeness (QED) is 0.545. The second kappa shape index (κ2) is 9.05. The van der Waals surface area contributed by atoms with Crippen LogP contribution in [0.4, 0.5) is 0 Å². The first kappa shape index (κ1) is 19.4. The maximum atomic E-state index is 13.0. The van der Waals surface area contributed by atoms with Crippen molar-refractivity contribution in [2.75, 3.05) is 13.1 Å². The summed E-state index contributed by atoms with van der Waals surface area (Å²) in [6.45, 7) is 5.66. The molecule has 1 aliphatic rings. The number of benzene rings is 2. The van der Waals surface area contributed by atoms with Crippen molar-refractivity contribution >= 4 is 5.78 Å². The van der Waals surface area contributed by atoms with Crippen LogP contribution in [0.15, 0.2) is 67.0 Å². The summed E-state index contributed by atoms with van der Waals surface area (Å²) < 4.78 is 7.77. The Hall–Kier alpha value is -2.92. The van der Waals surface area contributed by atoms with Gasteiger partial charge in [-0.25, -0.2) is 0 Å². The third-order valence-electron chi connectivity index (χ3n) is 5.41. The van der Waals surface area contributed by atoms with E-state index < -0.39 is 0 Å². The first-order chi connectivity index (χ1) is 14.2. The molecule has 0 N–H and O–H groups in total. The van der Waals surface area contributed by atoms with Gasteiger partial charge in [0, 0.05) is 42.9 Å². The molecule has 0 aliphatic carbocycles. The Balaban J connectivity index is 1.36. The molecule has 0 saturated carbocycles. The zero-order valence-electron chi connectivity index (χ0n) is 16.8. The number of likely N-dealkylation sites (tertiary alicyclic amines) is 1. The van der Waals surface area contributed by atoms with E-state index in [1.807, 2.05) is 65.5 Å². The second-order valence-electron chi connectivity index (χ2n) is 7.58. The predicted molar refractivity (Wildman–Crippen MR) is 113 cm³/mol. The largest absolute Gasteiger partial charge is 0.457 e. The molecular weight excluding hydrogens is 362 g/mol. The molecule has 4 rings (SSSR count). The SMILES string of the molecule is CCn1cc(CN2CCCC(C(=O)c3ccc(Oc4ccccc4)cc3)C2)cn1. The van der Waals surface area contributed by atoms with Gasteiger partial charge in [-0.05, 0) is 62.7 Å². The molecule has 1 saturated heterocycles. The Bertz CT molecular complexity index is 934. The van der Waals surface area contributed by atoms with Gasteiger partial charge in [0.05, 0.1) is 6.20 Å². The van der Waals surface area contributed by atoms with Gasteiger partial charge in [0.25, 0.3) is 0 Å². The second-order valence-corrected chi connectivity index (χ2v) is 7.58. The maximum absolute atomic E-state index is 13.0. The summed E-state index contributed by atoms with van der Waals surface area (Å²) in [5, 5.41) is 4.35. The number of rotatable bonds is 7. The Kier molecular flexibility index (Phi) is 6.06. The zero-order chi connectivity index (χ0) is 20.1. The molecule has 0 spiro atoms. The number of carbonyl (C=O) groups is 1. The highest BCUT2D eigenvalue weighted by Crippen LogP contribution is 2.25. The van der Waals surface area contributed by atoms with Crippen LogP contribution in [0.5, 0.6) is 11.5 Å². The highest BCUT2D eigenvalue weighted by Gasteiger charge is 2.26. The Labute approximate surface area is 171 Å². The van der Waals surface area contributed by atoms with Crippen molar-refractivity contribution in [1.82, 2.24) is 14.7 Å². The minimum absolute atomic E-state index is 0.0471. The average Bonchev–Trinajstić information content (AvgIpc) is 3.22. The molecule has 3 aromatic rings. The van der Waals surface area contributed by atoms with Crippen molar-refractivity contribution in [1.29, 1.82) is 0 Å². The molecule has 2 aromatic carbocycles. The van der Waals surface area contributed by atoms with Gasteiger partial charge in [-0.2, -0.15) is 5.10 Å². The summed E-state index contributed by atoms with van der Waals surface area (Å²) in [5.41, 5.74) is 1.97.